The highest BCUT2D eigenvalue weighted by Crippen LogP contribution is 2.45. The lowest BCUT2D eigenvalue weighted by atomic mass is 9.94. The van der Waals surface area contributed by atoms with Crippen LogP contribution in [0.5, 0.6) is 0 Å². The predicted octanol–water partition coefficient (Wildman–Crippen LogP) is 3.82. The average Bonchev–Trinajstić information content (AvgIpc) is 3.05. The van der Waals surface area contributed by atoms with Crippen LogP contribution < -0.4 is 0 Å². The van der Waals surface area contributed by atoms with Gasteiger partial charge in [0.1, 0.15) is 11.9 Å². The second kappa shape index (κ2) is 3.89. The number of hydrogen-bond acceptors (Lipinski definition) is 1. The van der Waals surface area contributed by atoms with Crippen molar-refractivity contribution in [3.63, 3.8) is 0 Å². The lowest BCUT2D eigenvalue weighted by Crippen LogP contribution is -2.33. The second-order valence-electron chi connectivity index (χ2n) is 5.95. The van der Waals surface area contributed by atoms with Gasteiger partial charge < -0.3 is 9.47 Å². The van der Waals surface area contributed by atoms with Crippen molar-refractivity contribution in [3.05, 3.63) is 78.0 Å². The standard InChI is InChI=1S/C19H14N2O/c1-12-15-8-4-2-7-14(15)11-20-18(12)21-16-9-5-3-6-13(16)10-17(21)19(20)22/h2-10,18H,1,11H2. The lowest BCUT2D eigenvalue weighted by molar-refractivity contribution is 0.0723. The zero-order chi connectivity index (χ0) is 14.8. The zero-order valence-corrected chi connectivity index (χ0v) is 12.0. The summed E-state index contributed by atoms with van der Waals surface area (Å²) >= 11 is 0. The first-order valence-corrected chi connectivity index (χ1v) is 7.44. The molecule has 1 unspecified atom stereocenters. The summed E-state index contributed by atoms with van der Waals surface area (Å²) in [7, 11) is 0. The Bertz CT molecular complexity index is 966. The van der Waals surface area contributed by atoms with Gasteiger partial charge in [0.2, 0.25) is 0 Å². The first-order chi connectivity index (χ1) is 10.8. The number of carbonyl (C=O) groups excluding carboxylic acids is 1. The molecule has 3 nitrogen and oxygen atoms in total. The molecule has 2 aromatic carbocycles. The molecule has 0 N–H and O–H groups in total. The van der Waals surface area contributed by atoms with E-state index in [1.54, 1.807) is 0 Å². The number of fused-ring (bicyclic) bond motifs is 6. The molecule has 22 heavy (non-hydrogen) atoms. The smallest absolute Gasteiger partial charge is 0.272 e. The number of aromatic nitrogens is 1. The molecular weight excluding hydrogens is 272 g/mol. The average molecular weight is 286 g/mol. The quantitative estimate of drug-likeness (QED) is 0.616. The van der Waals surface area contributed by atoms with Crippen molar-refractivity contribution >= 4 is 22.4 Å². The number of rotatable bonds is 0. The summed E-state index contributed by atoms with van der Waals surface area (Å²) in [5.41, 5.74) is 5.20. The van der Waals surface area contributed by atoms with Crippen LogP contribution >= 0.6 is 0 Å². The van der Waals surface area contributed by atoms with E-state index in [-0.39, 0.29) is 12.1 Å². The van der Waals surface area contributed by atoms with Crippen molar-refractivity contribution in [2.24, 2.45) is 0 Å². The van der Waals surface area contributed by atoms with Gasteiger partial charge in [-0.2, -0.15) is 0 Å². The molecule has 0 saturated carbocycles. The van der Waals surface area contributed by atoms with Crippen molar-refractivity contribution in [2.75, 3.05) is 0 Å². The fraction of sp³-hybridized carbons (Fsp3) is 0.105. The minimum atomic E-state index is -0.0997. The molecule has 0 fully saturated rings. The molecule has 2 aliphatic rings. The van der Waals surface area contributed by atoms with E-state index >= 15 is 0 Å². The van der Waals surface area contributed by atoms with Gasteiger partial charge in [0.15, 0.2) is 0 Å². The van der Waals surface area contributed by atoms with E-state index in [4.69, 9.17) is 0 Å². The van der Waals surface area contributed by atoms with E-state index in [0.717, 1.165) is 22.2 Å². The SMILES string of the molecule is C=C1c2ccccc2CN2C(=O)c3cc4ccccc4n3C12. The molecule has 0 saturated heterocycles. The largest absolute Gasteiger partial charge is 0.311 e. The summed E-state index contributed by atoms with van der Waals surface area (Å²) in [5.74, 6) is 0.0943. The summed E-state index contributed by atoms with van der Waals surface area (Å²) in [4.78, 5) is 14.7. The Morgan fingerprint density at radius 3 is 2.73 bits per heavy atom. The van der Waals surface area contributed by atoms with Crippen LogP contribution in [0.3, 0.4) is 0 Å². The van der Waals surface area contributed by atoms with Gasteiger partial charge in [-0.1, -0.05) is 49.0 Å². The summed E-state index contributed by atoms with van der Waals surface area (Å²) < 4.78 is 2.13. The first kappa shape index (κ1) is 11.8. The highest BCUT2D eigenvalue weighted by Gasteiger charge is 2.42. The summed E-state index contributed by atoms with van der Waals surface area (Å²) in [6.07, 6.45) is -0.0997. The van der Waals surface area contributed by atoms with Crippen LogP contribution in [-0.2, 0) is 6.54 Å². The Balaban J connectivity index is 1.79. The van der Waals surface area contributed by atoms with Gasteiger partial charge in [0.05, 0.1) is 5.52 Å². The molecule has 106 valence electrons. The minimum absolute atomic E-state index is 0.0943. The van der Waals surface area contributed by atoms with E-state index in [9.17, 15) is 4.79 Å². The highest BCUT2D eigenvalue weighted by atomic mass is 16.2. The Hall–Kier alpha value is -2.81. The van der Waals surface area contributed by atoms with Gasteiger partial charge >= 0.3 is 0 Å². The van der Waals surface area contributed by atoms with Crippen LogP contribution in [-0.4, -0.2) is 15.4 Å². The van der Waals surface area contributed by atoms with Gasteiger partial charge in [-0.15, -0.1) is 0 Å². The van der Waals surface area contributed by atoms with Crippen molar-refractivity contribution in [2.45, 2.75) is 12.7 Å². The molecular formula is C19H14N2O. The third-order valence-electron chi connectivity index (χ3n) is 4.78. The first-order valence-electron chi connectivity index (χ1n) is 7.44. The van der Waals surface area contributed by atoms with Crippen LogP contribution in [0.2, 0.25) is 0 Å². The fourth-order valence-electron chi connectivity index (χ4n) is 3.80. The van der Waals surface area contributed by atoms with E-state index < -0.39 is 0 Å². The third-order valence-corrected chi connectivity index (χ3v) is 4.78. The molecule has 1 aromatic heterocycles. The monoisotopic (exact) mass is 286 g/mol. The second-order valence-corrected chi connectivity index (χ2v) is 5.95. The molecule has 3 heterocycles. The maximum atomic E-state index is 12.8. The Morgan fingerprint density at radius 1 is 1.05 bits per heavy atom. The molecule has 0 spiro atoms. The van der Waals surface area contributed by atoms with Crippen LogP contribution in [0, 0.1) is 0 Å². The minimum Gasteiger partial charge on any atom is -0.311 e. The predicted molar refractivity (Wildman–Crippen MR) is 86.3 cm³/mol. The normalized spacial score (nSPS) is 19.3. The Labute approximate surface area is 128 Å². The number of amides is 1. The van der Waals surface area contributed by atoms with E-state index in [0.29, 0.717) is 6.54 Å². The van der Waals surface area contributed by atoms with Crippen LogP contribution in [0.15, 0.2) is 61.2 Å². The van der Waals surface area contributed by atoms with Gasteiger partial charge in [0, 0.05) is 11.9 Å². The number of hydrogen-bond donors (Lipinski definition) is 0. The highest BCUT2D eigenvalue weighted by molar-refractivity contribution is 6.03. The Kier molecular flexibility index (Phi) is 2.09. The van der Waals surface area contributed by atoms with Gasteiger partial charge in [-0.25, -0.2) is 0 Å². The number of para-hydroxylation sites is 1. The van der Waals surface area contributed by atoms with Crippen LogP contribution in [0.4, 0.5) is 0 Å². The summed E-state index contributed by atoms with van der Waals surface area (Å²) in [5, 5.41) is 1.11. The van der Waals surface area contributed by atoms with Crippen molar-refractivity contribution < 1.29 is 4.79 Å². The van der Waals surface area contributed by atoms with Gasteiger partial charge in [-0.05, 0) is 28.8 Å². The van der Waals surface area contributed by atoms with Crippen LogP contribution in [0.25, 0.3) is 16.5 Å². The summed E-state index contributed by atoms with van der Waals surface area (Å²) in [6, 6.07) is 18.4. The molecule has 5 rings (SSSR count). The fourth-order valence-corrected chi connectivity index (χ4v) is 3.80. The van der Waals surface area contributed by atoms with E-state index in [1.807, 2.05) is 35.2 Å². The molecule has 0 bridgehead atoms. The topological polar surface area (TPSA) is 25.2 Å². The molecule has 3 heteroatoms. The van der Waals surface area contributed by atoms with Crippen molar-refractivity contribution in [1.82, 2.24) is 9.47 Å². The number of benzene rings is 2. The van der Waals surface area contributed by atoms with Crippen molar-refractivity contribution in [3.8, 4) is 0 Å². The molecule has 0 radical (unpaired) electrons. The van der Waals surface area contributed by atoms with E-state index in [2.05, 4.69) is 35.4 Å². The van der Waals surface area contributed by atoms with Gasteiger partial charge in [0.25, 0.3) is 5.91 Å². The summed E-state index contributed by atoms with van der Waals surface area (Å²) in [6.45, 7) is 4.95. The van der Waals surface area contributed by atoms with Gasteiger partial charge in [-0.3, -0.25) is 4.79 Å². The maximum absolute atomic E-state index is 12.8. The third kappa shape index (κ3) is 1.29. The lowest BCUT2D eigenvalue weighted by Gasteiger charge is -2.34. The molecule has 1 amide bonds. The molecule has 3 aromatic rings. The number of nitrogens with zero attached hydrogens (tertiary/aromatic N) is 2. The molecule has 2 aliphatic heterocycles. The molecule has 1 atom stereocenters. The van der Waals surface area contributed by atoms with Crippen molar-refractivity contribution in [1.29, 1.82) is 0 Å². The maximum Gasteiger partial charge on any atom is 0.272 e. The number of carbonyl (C=O) groups is 1. The van der Waals surface area contributed by atoms with E-state index in [1.165, 1.54) is 11.1 Å². The zero-order valence-electron chi connectivity index (χ0n) is 12.0. The Morgan fingerprint density at radius 2 is 1.82 bits per heavy atom. The van der Waals surface area contributed by atoms with Crippen LogP contribution in [0.1, 0.15) is 27.8 Å². The molecule has 0 aliphatic carbocycles.